The van der Waals surface area contributed by atoms with Crippen LogP contribution in [0.25, 0.3) is 0 Å². The number of aliphatic imine (C=N–C) groups is 1. The molecule has 0 atom stereocenters. The average molecular weight is 333 g/mol. The van der Waals surface area contributed by atoms with Gasteiger partial charge in [0.15, 0.2) is 5.96 Å². The third kappa shape index (κ3) is 5.45. The van der Waals surface area contributed by atoms with Crippen LogP contribution in [0.5, 0.6) is 5.88 Å². The molecule has 0 saturated carbocycles. The molecular weight excluding hydrogens is 312 g/mol. The predicted molar refractivity (Wildman–Crippen MR) is 93.9 cm³/mol. The summed E-state index contributed by atoms with van der Waals surface area (Å²) in [6.07, 6.45) is 1.76. The van der Waals surface area contributed by atoms with Gasteiger partial charge in [-0.1, -0.05) is 35.9 Å². The van der Waals surface area contributed by atoms with Crippen molar-refractivity contribution in [3.63, 3.8) is 0 Å². The Kier molecular flexibility index (Phi) is 6.69. The molecule has 1 aromatic heterocycles. The van der Waals surface area contributed by atoms with Crippen molar-refractivity contribution in [1.82, 2.24) is 15.6 Å². The Morgan fingerprint density at radius 1 is 1.22 bits per heavy atom. The number of benzene rings is 1. The van der Waals surface area contributed by atoms with Gasteiger partial charge in [0.05, 0.1) is 13.7 Å². The predicted octanol–water partition coefficient (Wildman–Crippen LogP) is 3.00. The molecule has 1 heterocycles. The number of guanidine groups is 1. The molecule has 0 radical (unpaired) electrons. The summed E-state index contributed by atoms with van der Waals surface area (Å²) < 4.78 is 5.05. The number of nitrogens with zero attached hydrogens (tertiary/aromatic N) is 2. The summed E-state index contributed by atoms with van der Waals surface area (Å²) in [4.78, 5) is 8.73. The minimum atomic E-state index is 0.537. The number of pyridine rings is 1. The van der Waals surface area contributed by atoms with Gasteiger partial charge in [0.25, 0.3) is 0 Å². The van der Waals surface area contributed by atoms with Crippen molar-refractivity contribution >= 4 is 17.6 Å². The maximum Gasteiger partial charge on any atom is 0.212 e. The first-order valence-electron chi connectivity index (χ1n) is 7.47. The molecule has 0 aliphatic rings. The average Bonchev–Trinajstić information content (AvgIpc) is 2.59. The minimum absolute atomic E-state index is 0.537. The summed E-state index contributed by atoms with van der Waals surface area (Å²) in [5.74, 6) is 1.34. The molecule has 5 nitrogen and oxygen atoms in total. The van der Waals surface area contributed by atoms with E-state index in [1.807, 2.05) is 43.3 Å². The third-order valence-electron chi connectivity index (χ3n) is 3.17. The molecule has 0 aliphatic carbocycles. The summed E-state index contributed by atoms with van der Waals surface area (Å²) in [6, 6.07) is 11.5. The van der Waals surface area contributed by atoms with E-state index in [0.29, 0.717) is 19.0 Å². The zero-order valence-electron chi connectivity index (χ0n) is 13.3. The van der Waals surface area contributed by atoms with Crippen molar-refractivity contribution in [2.24, 2.45) is 4.99 Å². The van der Waals surface area contributed by atoms with Gasteiger partial charge in [-0.2, -0.15) is 0 Å². The fourth-order valence-electron chi connectivity index (χ4n) is 1.96. The zero-order chi connectivity index (χ0) is 16.5. The van der Waals surface area contributed by atoms with E-state index in [-0.39, 0.29) is 0 Å². The van der Waals surface area contributed by atoms with E-state index < -0.39 is 0 Å². The second kappa shape index (κ2) is 9.00. The molecular formula is C17H21ClN4O. The Morgan fingerprint density at radius 2 is 2.04 bits per heavy atom. The second-order valence-electron chi connectivity index (χ2n) is 4.85. The maximum atomic E-state index is 6.17. The monoisotopic (exact) mass is 332 g/mol. The van der Waals surface area contributed by atoms with Gasteiger partial charge < -0.3 is 15.4 Å². The number of aromatic nitrogens is 1. The summed E-state index contributed by atoms with van der Waals surface area (Å²) in [6.45, 7) is 3.97. The van der Waals surface area contributed by atoms with Gasteiger partial charge in [-0.05, 0) is 24.1 Å². The van der Waals surface area contributed by atoms with E-state index in [2.05, 4.69) is 20.6 Å². The standard InChI is InChI=1S/C17H21ClN4O/c1-3-19-17(22-12-14-6-4-5-7-15(14)18)21-11-13-8-9-16(23-2)20-10-13/h4-10H,3,11-12H2,1-2H3,(H2,19,21,22). The number of hydrogen-bond donors (Lipinski definition) is 2. The van der Waals surface area contributed by atoms with E-state index in [9.17, 15) is 0 Å². The Morgan fingerprint density at radius 3 is 2.70 bits per heavy atom. The van der Waals surface area contributed by atoms with Gasteiger partial charge in [-0.3, -0.25) is 0 Å². The third-order valence-corrected chi connectivity index (χ3v) is 3.54. The molecule has 23 heavy (non-hydrogen) atoms. The van der Waals surface area contributed by atoms with Crippen LogP contribution in [-0.2, 0) is 13.1 Å². The van der Waals surface area contributed by atoms with Crippen LogP contribution >= 0.6 is 11.6 Å². The SMILES string of the molecule is CCNC(=NCc1ccc(OC)nc1)NCc1ccccc1Cl. The Hall–Kier alpha value is -2.27. The van der Waals surface area contributed by atoms with Crippen LogP contribution in [0, 0.1) is 0 Å². The topological polar surface area (TPSA) is 58.5 Å². The number of rotatable bonds is 6. The molecule has 122 valence electrons. The highest BCUT2D eigenvalue weighted by Gasteiger charge is 2.02. The molecule has 1 aromatic carbocycles. The van der Waals surface area contributed by atoms with Crippen LogP contribution in [0.4, 0.5) is 0 Å². The summed E-state index contributed by atoms with van der Waals surface area (Å²) >= 11 is 6.17. The van der Waals surface area contributed by atoms with Crippen LogP contribution in [0.15, 0.2) is 47.6 Å². The second-order valence-corrected chi connectivity index (χ2v) is 5.26. The molecule has 2 N–H and O–H groups in total. The quantitative estimate of drug-likeness (QED) is 0.630. The molecule has 2 rings (SSSR count). The van der Waals surface area contributed by atoms with Crippen LogP contribution in [-0.4, -0.2) is 24.6 Å². The lowest BCUT2D eigenvalue weighted by Crippen LogP contribution is -2.36. The summed E-state index contributed by atoms with van der Waals surface area (Å²) in [7, 11) is 1.60. The van der Waals surface area contributed by atoms with Crippen molar-refractivity contribution < 1.29 is 4.74 Å². The Labute approximate surface area is 141 Å². The summed E-state index contributed by atoms with van der Waals surface area (Å²) in [5, 5.41) is 7.24. The van der Waals surface area contributed by atoms with Crippen molar-refractivity contribution in [2.45, 2.75) is 20.0 Å². The smallest absolute Gasteiger partial charge is 0.212 e. The molecule has 0 fully saturated rings. The molecule has 2 aromatic rings. The number of halogens is 1. The molecule has 0 spiro atoms. The molecule has 0 amide bonds. The van der Waals surface area contributed by atoms with Crippen molar-refractivity contribution in [3.8, 4) is 5.88 Å². The maximum absolute atomic E-state index is 6.17. The lowest BCUT2D eigenvalue weighted by Gasteiger charge is -2.12. The number of methoxy groups -OCH3 is 1. The normalized spacial score (nSPS) is 11.2. The van der Waals surface area contributed by atoms with E-state index in [1.54, 1.807) is 13.3 Å². The van der Waals surface area contributed by atoms with Crippen LogP contribution in [0.3, 0.4) is 0 Å². The number of ether oxygens (including phenoxy) is 1. The first-order chi connectivity index (χ1) is 11.2. The molecule has 0 bridgehead atoms. The van der Waals surface area contributed by atoms with Crippen LogP contribution in [0.2, 0.25) is 5.02 Å². The zero-order valence-corrected chi connectivity index (χ0v) is 14.1. The minimum Gasteiger partial charge on any atom is -0.481 e. The van der Waals surface area contributed by atoms with Gasteiger partial charge in [-0.15, -0.1) is 0 Å². The highest BCUT2D eigenvalue weighted by Crippen LogP contribution is 2.14. The van der Waals surface area contributed by atoms with Crippen LogP contribution in [0.1, 0.15) is 18.1 Å². The Bertz CT molecular complexity index is 643. The first-order valence-corrected chi connectivity index (χ1v) is 7.85. The first kappa shape index (κ1) is 17.1. The van der Waals surface area contributed by atoms with Gasteiger partial charge in [0, 0.05) is 30.4 Å². The molecule has 0 aliphatic heterocycles. The highest BCUT2D eigenvalue weighted by molar-refractivity contribution is 6.31. The molecule has 6 heteroatoms. The highest BCUT2D eigenvalue weighted by atomic mass is 35.5. The van der Waals surface area contributed by atoms with E-state index in [0.717, 1.165) is 28.7 Å². The fourth-order valence-corrected chi connectivity index (χ4v) is 2.16. The number of hydrogen-bond acceptors (Lipinski definition) is 3. The van der Waals surface area contributed by atoms with E-state index >= 15 is 0 Å². The van der Waals surface area contributed by atoms with Gasteiger partial charge in [-0.25, -0.2) is 9.98 Å². The van der Waals surface area contributed by atoms with Crippen molar-refractivity contribution in [2.75, 3.05) is 13.7 Å². The lowest BCUT2D eigenvalue weighted by molar-refractivity contribution is 0.397. The fraction of sp³-hybridized carbons (Fsp3) is 0.294. The molecule has 0 saturated heterocycles. The van der Waals surface area contributed by atoms with Gasteiger partial charge in [0.2, 0.25) is 5.88 Å². The largest absolute Gasteiger partial charge is 0.481 e. The van der Waals surface area contributed by atoms with Gasteiger partial charge >= 0.3 is 0 Å². The Balaban J connectivity index is 1.97. The van der Waals surface area contributed by atoms with E-state index in [4.69, 9.17) is 16.3 Å². The molecule has 0 unspecified atom stereocenters. The lowest BCUT2D eigenvalue weighted by atomic mass is 10.2. The summed E-state index contributed by atoms with van der Waals surface area (Å²) in [5.41, 5.74) is 2.05. The van der Waals surface area contributed by atoms with Crippen molar-refractivity contribution in [1.29, 1.82) is 0 Å². The van der Waals surface area contributed by atoms with Crippen LogP contribution < -0.4 is 15.4 Å². The number of nitrogens with one attached hydrogen (secondary N) is 2. The van der Waals surface area contributed by atoms with E-state index in [1.165, 1.54) is 0 Å². The van der Waals surface area contributed by atoms with Crippen molar-refractivity contribution in [3.05, 3.63) is 58.7 Å². The van der Waals surface area contributed by atoms with Gasteiger partial charge in [0.1, 0.15) is 0 Å².